The van der Waals surface area contributed by atoms with Crippen molar-refractivity contribution < 1.29 is 4.74 Å². The zero-order valence-corrected chi connectivity index (χ0v) is 15.1. The molecule has 0 heterocycles. The van der Waals surface area contributed by atoms with E-state index in [0.29, 0.717) is 0 Å². The van der Waals surface area contributed by atoms with Crippen molar-refractivity contribution in [2.75, 3.05) is 0 Å². The predicted molar refractivity (Wildman–Crippen MR) is 99.8 cm³/mol. The number of aryl methyl sites for hydroxylation is 1. The Labute approximate surface area is 143 Å². The number of rotatable bonds is 9. The average Bonchev–Trinajstić information content (AvgIpc) is 2.59. The lowest BCUT2D eigenvalue weighted by atomic mass is 9.78. The van der Waals surface area contributed by atoms with Crippen molar-refractivity contribution in [2.24, 2.45) is 11.8 Å². The number of ether oxygens (including phenoxy) is 1. The molecule has 1 nitrogen and oxygen atoms in total. The van der Waals surface area contributed by atoms with Gasteiger partial charge in [-0.1, -0.05) is 70.9 Å². The van der Waals surface area contributed by atoms with Crippen molar-refractivity contribution in [1.29, 1.82) is 0 Å². The Morgan fingerprint density at radius 3 is 2.17 bits per heavy atom. The first-order valence-corrected chi connectivity index (χ1v) is 9.72. The van der Waals surface area contributed by atoms with Crippen LogP contribution in [-0.2, 0) is 6.42 Å². The summed E-state index contributed by atoms with van der Waals surface area (Å²) in [6.45, 7) is 4.49. The van der Waals surface area contributed by atoms with Gasteiger partial charge >= 0.3 is 0 Å². The molecule has 0 aromatic heterocycles. The van der Waals surface area contributed by atoms with Crippen LogP contribution in [0.5, 0.6) is 5.75 Å². The van der Waals surface area contributed by atoms with E-state index in [0.717, 1.165) is 24.0 Å². The molecule has 0 spiro atoms. The summed E-state index contributed by atoms with van der Waals surface area (Å²) in [5, 5.41) is 0. The Hall–Kier alpha value is -1.24. The minimum atomic E-state index is 0.946. The minimum Gasteiger partial charge on any atom is -0.465 e. The van der Waals surface area contributed by atoms with Crippen molar-refractivity contribution in [3.05, 3.63) is 42.2 Å². The van der Waals surface area contributed by atoms with Gasteiger partial charge in [0.1, 0.15) is 5.75 Å². The molecule has 0 unspecified atom stereocenters. The maximum atomic E-state index is 5.61. The molecule has 1 aliphatic carbocycles. The number of unbranched alkanes of at least 4 members (excludes halogenated alkanes) is 1. The fourth-order valence-corrected chi connectivity index (χ4v) is 3.68. The van der Waals surface area contributed by atoms with E-state index in [9.17, 15) is 0 Å². The van der Waals surface area contributed by atoms with Crippen LogP contribution in [0.25, 0.3) is 0 Å². The number of allylic oxidation sites excluding steroid dienone is 1. The van der Waals surface area contributed by atoms with Gasteiger partial charge in [-0.05, 0) is 54.9 Å². The molecule has 128 valence electrons. The Balaban J connectivity index is 1.68. The van der Waals surface area contributed by atoms with Gasteiger partial charge in [-0.25, -0.2) is 0 Å². The van der Waals surface area contributed by atoms with Gasteiger partial charge in [-0.2, -0.15) is 0 Å². The molecular weight excluding hydrogens is 280 g/mol. The summed E-state index contributed by atoms with van der Waals surface area (Å²) < 4.78 is 5.61. The normalized spacial score (nSPS) is 21.7. The second-order valence-corrected chi connectivity index (χ2v) is 7.14. The molecule has 0 bridgehead atoms. The summed E-state index contributed by atoms with van der Waals surface area (Å²) >= 11 is 0. The van der Waals surface area contributed by atoms with Crippen molar-refractivity contribution in [3.63, 3.8) is 0 Å². The third-order valence-corrected chi connectivity index (χ3v) is 5.18. The Morgan fingerprint density at radius 1 is 0.913 bits per heavy atom. The SMILES string of the molecule is CCCC=COc1ccc(CC[C@H]2CC[C@H](CCC)CC2)cc1. The zero-order valence-electron chi connectivity index (χ0n) is 15.1. The Kier molecular flexibility index (Phi) is 8.28. The number of hydrogen-bond acceptors (Lipinski definition) is 1. The topological polar surface area (TPSA) is 9.23 Å². The van der Waals surface area contributed by atoms with E-state index in [4.69, 9.17) is 4.74 Å². The number of benzene rings is 1. The van der Waals surface area contributed by atoms with E-state index < -0.39 is 0 Å². The van der Waals surface area contributed by atoms with Gasteiger partial charge in [0, 0.05) is 0 Å². The Morgan fingerprint density at radius 2 is 1.57 bits per heavy atom. The fourth-order valence-electron chi connectivity index (χ4n) is 3.68. The third kappa shape index (κ3) is 6.81. The van der Waals surface area contributed by atoms with E-state index in [2.05, 4.69) is 44.2 Å². The predicted octanol–water partition coefficient (Wildman–Crippen LogP) is 6.92. The van der Waals surface area contributed by atoms with Gasteiger partial charge in [-0.15, -0.1) is 0 Å². The van der Waals surface area contributed by atoms with E-state index >= 15 is 0 Å². The lowest BCUT2D eigenvalue weighted by Crippen LogP contribution is -2.15. The molecule has 0 amide bonds. The molecule has 0 atom stereocenters. The highest BCUT2D eigenvalue weighted by Crippen LogP contribution is 2.33. The standard InChI is InChI=1S/C22H34O/c1-3-5-6-18-23-22-16-14-21(15-17-22)13-12-20-10-8-19(7-4-2)9-11-20/h6,14-20H,3-5,7-13H2,1-2H3/t19-,20-. The quantitative estimate of drug-likeness (QED) is 0.449. The third-order valence-electron chi connectivity index (χ3n) is 5.18. The van der Waals surface area contributed by atoms with Crippen LogP contribution in [0.15, 0.2) is 36.6 Å². The number of hydrogen-bond donors (Lipinski definition) is 0. The second-order valence-electron chi connectivity index (χ2n) is 7.14. The molecule has 23 heavy (non-hydrogen) atoms. The van der Waals surface area contributed by atoms with Crippen LogP contribution < -0.4 is 4.74 Å². The summed E-state index contributed by atoms with van der Waals surface area (Å²) in [6.07, 6.45) is 17.4. The van der Waals surface area contributed by atoms with Gasteiger partial charge in [0.15, 0.2) is 0 Å². The van der Waals surface area contributed by atoms with Crippen molar-refractivity contribution in [2.45, 2.75) is 78.1 Å². The highest BCUT2D eigenvalue weighted by Gasteiger charge is 2.20. The lowest BCUT2D eigenvalue weighted by Gasteiger charge is -2.28. The van der Waals surface area contributed by atoms with Crippen LogP contribution >= 0.6 is 0 Å². The first kappa shape index (κ1) is 18.1. The first-order chi connectivity index (χ1) is 11.3. The van der Waals surface area contributed by atoms with Crippen LogP contribution in [0.2, 0.25) is 0 Å². The molecule has 1 aromatic rings. The summed E-state index contributed by atoms with van der Waals surface area (Å²) in [5.41, 5.74) is 1.45. The van der Waals surface area contributed by atoms with Gasteiger partial charge in [-0.3, -0.25) is 0 Å². The van der Waals surface area contributed by atoms with E-state index in [1.165, 1.54) is 63.4 Å². The highest BCUT2D eigenvalue weighted by atomic mass is 16.5. The molecule has 1 heteroatoms. The summed E-state index contributed by atoms with van der Waals surface area (Å²) in [4.78, 5) is 0. The molecule has 1 saturated carbocycles. The minimum absolute atomic E-state index is 0.946. The summed E-state index contributed by atoms with van der Waals surface area (Å²) in [7, 11) is 0. The smallest absolute Gasteiger partial charge is 0.126 e. The van der Waals surface area contributed by atoms with Crippen LogP contribution in [0.1, 0.15) is 77.2 Å². The van der Waals surface area contributed by atoms with Gasteiger partial charge in [0.05, 0.1) is 6.26 Å². The van der Waals surface area contributed by atoms with Crippen molar-refractivity contribution in [3.8, 4) is 5.75 Å². The average molecular weight is 315 g/mol. The van der Waals surface area contributed by atoms with Crippen LogP contribution in [0.4, 0.5) is 0 Å². The van der Waals surface area contributed by atoms with Crippen LogP contribution in [0.3, 0.4) is 0 Å². The Bertz CT molecular complexity index is 438. The first-order valence-electron chi connectivity index (χ1n) is 9.72. The highest BCUT2D eigenvalue weighted by molar-refractivity contribution is 5.28. The maximum Gasteiger partial charge on any atom is 0.126 e. The van der Waals surface area contributed by atoms with Crippen molar-refractivity contribution in [1.82, 2.24) is 0 Å². The molecule has 1 aliphatic rings. The maximum absolute atomic E-state index is 5.61. The molecule has 0 radical (unpaired) electrons. The molecular formula is C22H34O. The molecule has 0 saturated heterocycles. The van der Waals surface area contributed by atoms with Crippen molar-refractivity contribution >= 4 is 0 Å². The van der Waals surface area contributed by atoms with Gasteiger partial charge < -0.3 is 4.74 Å². The molecule has 1 fully saturated rings. The second kappa shape index (κ2) is 10.5. The largest absolute Gasteiger partial charge is 0.465 e. The lowest BCUT2D eigenvalue weighted by molar-refractivity contribution is 0.252. The van der Waals surface area contributed by atoms with Gasteiger partial charge in [0.25, 0.3) is 0 Å². The molecule has 2 rings (SSSR count). The molecule has 1 aromatic carbocycles. The molecule has 0 aliphatic heterocycles. The van der Waals surface area contributed by atoms with Gasteiger partial charge in [0.2, 0.25) is 0 Å². The van der Waals surface area contributed by atoms with Crippen LogP contribution in [0, 0.1) is 11.8 Å². The molecule has 0 N–H and O–H groups in total. The van der Waals surface area contributed by atoms with E-state index in [1.807, 2.05) is 6.26 Å². The fraction of sp³-hybridized carbons (Fsp3) is 0.636. The summed E-state index contributed by atoms with van der Waals surface area (Å²) in [6, 6.07) is 8.66. The zero-order chi connectivity index (χ0) is 16.3. The monoisotopic (exact) mass is 314 g/mol. The van der Waals surface area contributed by atoms with Crippen LogP contribution in [-0.4, -0.2) is 0 Å². The van der Waals surface area contributed by atoms with E-state index in [1.54, 1.807) is 0 Å². The summed E-state index contributed by atoms with van der Waals surface area (Å²) in [5.74, 6) is 2.92. The van der Waals surface area contributed by atoms with E-state index in [-0.39, 0.29) is 0 Å².